The van der Waals surface area contributed by atoms with E-state index in [0.717, 1.165) is 0 Å². The zero-order chi connectivity index (χ0) is 12.0. The number of nitrogens with two attached hydrogens (primary N) is 1. The topological polar surface area (TPSA) is 108 Å². The Morgan fingerprint density at radius 2 is 2.00 bits per heavy atom. The van der Waals surface area contributed by atoms with Gasteiger partial charge >= 0.3 is 5.97 Å². The number of carbonyl (C=O) groups is 1. The van der Waals surface area contributed by atoms with Gasteiger partial charge in [0.05, 0.1) is 11.9 Å². The molecule has 3 atom stereocenters. The van der Waals surface area contributed by atoms with Gasteiger partial charge in [-0.05, 0) is 20.8 Å². The summed E-state index contributed by atoms with van der Waals surface area (Å²) < 4.78 is 0. The number of aliphatic carboxylic acids is 1. The third kappa shape index (κ3) is 5.36. The third-order valence-corrected chi connectivity index (χ3v) is 1.78. The van der Waals surface area contributed by atoms with E-state index in [2.05, 4.69) is 10.6 Å². The summed E-state index contributed by atoms with van der Waals surface area (Å²) in [5.74, 6) is -1.02. The van der Waals surface area contributed by atoms with Gasteiger partial charge in [0, 0.05) is 0 Å². The molecule has 0 aliphatic carbocycles. The van der Waals surface area contributed by atoms with E-state index in [1.54, 1.807) is 19.9 Å². The van der Waals surface area contributed by atoms with E-state index in [1.807, 2.05) is 0 Å². The zero-order valence-corrected chi connectivity index (χ0v) is 9.19. The first kappa shape index (κ1) is 13.9. The van der Waals surface area contributed by atoms with Crippen LogP contribution in [0.5, 0.6) is 0 Å². The lowest BCUT2D eigenvalue weighted by atomic mass is 10.3. The van der Waals surface area contributed by atoms with Crippen molar-refractivity contribution in [2.24, 2.45) is 5.73 Å². The Morgan fingerprint density at radius 3 is 2.33 bits per heavy atom. The second-order valence-electron chi connectivity index (χ2n) is 3.31. The molecule has 88 valence electrons. The fraction of sp³-hybridized carbons (Fsp3) is 0.667. The van der Waals surface area contributed by atoms with E-state index in [0.29, 0.717) is 5.70 Å². The zero-order valence-electron chi connectivity index (χ0n) is 9.19. The molecule has 6 nitrogen and oxygen atoms in total. The number of hydrogen-bond donors (Lipinski definition) is 5. The summed E-state index contributed by atoms with van der Waals surface area (Å²) in [6.45, 7) is 4.89. The lowest BCUT2D eigenvalue weighted by Gasteiger charge is -2.22. The second-order valence-corrected chi connectivity index (χ2v) is 3.31. The Hall–Kier alpha value is -1.11. The van der Waals surface area contributed by atoms with Crippen LogP contribution in [-0.4, -0.2) is 34.6 Å². The minimum atomic E-state index is -1.06. The Morgan fingerprint density at radius 1 is 1.47 bits per heavy atom. The average Bonchev–Trinajstić information content (AvgIpc) is 2.13. The second kappa shape index (κ2) is 6.39. The van der Waals surface area contributed by atoms with Crippen molar-refractivity contribution in [2.75, 3.05) is 0 Å². The molecule has 0 aromatic carbocycles. The van der Waals surface area contributed by atoms with Gasteiger partial charge < -0.3 is 21.3 Å². The van der Waals surface area contributed by atoms with Crippen molar-refractivity contribution in [3.05, 3.63) is 11.8 Å². The SMILES string of the molecule is C/C=C(\NC(C)N)C(O)N[C@@H](C)C(=O)O. The predicted molar refractivity (Wildman–Crippen MR) is 56.8 cm³/mol. The number of carboxylic acid groups (broad SMARTS) is 1. The molecule has 0 amide bonds. The number of hydrogen-bond acceptors (Lipinski definition) is 5. The van der Waals surface area contributed by atoms with Gasteiger partial charge in [0.15, 0.2) is 0 Å². The van der Waals surface area contributed by atoms with E-state index < -0.39 is 18.2 Å². The average molecular weight is 217 g/mol. The Kier molecular flexibility index (Phi) is 5.92. The largest absolute Gasteiger partial charge is 0.480 e. The highest BCUT2D eigenvalue weighted by molar-refractivity contribution is 5.72. The van der Waals surface area contributed by atoms with Gasteiger partial charge in [0.25, 0.3) is 0 Å². The van der Waals surface area contributed by atoms with Gasteiger partial charge in [-0.3, -0.25) is 10.1 Å². The monoisotopic (exact) mass is 217 g/mol. The lowest BCUT2D eigenvalue weighted by molar-refractivity contribution is -0.139. The summed E-state index contributed by atoms with van der Waals surface area (Å²) in [4.78, 5) is 10.5. The summed E-state index contributed by atoms with van der Waals surface area (Å²) in [5, 5.41) is 23.6. The molecule has 0 aliphatic heterocycles. The number of rotatable bonds is 6. The Balaban J connectivity index is 4.28. The molecule has 0 spiro atoms. The van der Waals surface area contributed by atoms with E-state index >= 15 is 0 Å². The molecule has 0 aromatic rings. The van der Waals surface area contributed by atoms with Crippen LogP contribution in [0, 0.1) is 0 Å². The van der Waals surface area contributed by atoms with Gasteiger partial charge in [-0.1, -0.05) is 6.08 Å². The van der Waals surface area contributed by atoms with Crippen molar-refractivity contribution in [3.8, 4) is 0 Å². The van der Waals surface area contributed by atoms with Crippen molar-refractivity contribution < 1.29 is 15.0 Å². The molecule has 0 aliphatic rings. The van der Waals surface area contributed by atoms with Crippen molar-refractivity contribution >= 4 is 5.97 Å². The van der Waals surface area contributed by atoms with Crippen LogP contribution in [0.4, 0.5) is 0 Å². The third-order valence-electron chi connectivity index (χ3n) is 1.78. The summed E-state index contributed by atoms with van der Waals surface area (Å²) in [5.41, 5.74) is 5.95. The first-order chi connectivity index (χ1) is 6.88. The van der Waals surface area contributed by atoms with Gasteiger partial charge in [0.2, 0.25) is 0 Å². The standard InChI is InChI=1S/C9H19N3O3/c1-4-7(12-6(3)10)8(13)11-5(2)9(14)15/h4-6,8,11-13H,10H2,1-3H3,(H,14,15)/b7-4-/t5-,6?,8?/m0/s1. The maximum Gasteiger partial charge on any atom is 0.320 e. The van der Waals surface area contributed by atoms with Crippen molar-refractivity contribution in [3.63, 3.8) is 0 Å². The first-order valence-electron chi connectivity index (χ1n) is 4.73. The Bertz CT molecular complexity index is 241. The van der Waals surface area contributed by atoms with Crippen LogP contribution in [0.3, 0.4) is 0 Å². The minimum Gasteiger partial charge on any atom is -0.480 e. The lowest BCUT2D eigenvalue weighted by Crippen LogP contribution is -2.47. The molecule has 2 unspecified atom stereocenters. The number of aliphatic hydroxyl groups is 1. The normalized spacial score (nSPS) is 18.1. The maximum absolute atomic E-state index is 10.5. The molecular weight excluding hydrogens is 198 g/mol. The van der Waals surface area contributed by atoms with Crippen molar-refractivity contribution in [1.29, 1.82) is 0 Å². The first-order valence-corrected chi connectivity index (χ1v) is 4.73. The van der Waals surface area contributed by atoms with E-state index in [4.69, 9.17) is 10.8 Å². The smallest absolute Gasteiger partial charge is 0.320 e. The highest BCUT2D eigenvalue weighted by atomic mass is 16.4. The van der Waals surface area contributed by atoms with Gasteiger partial charge in [-0.25, -0.2) is 0 Å². The fourth-order valence-electron chi connectivity index (χ4n) is 0.981. The van der Waals surface area contributed by atoms with Crippen LogP contribution in [0.15, 0.2) is 11.8 Å². The molecule has 0 bridgehead atoms. The number of nitrogens with one attached hydrogen (secondary N) is 2. The highest BCUT2D eigenvalue weighted by Crippen LogP contribution is 1.97. The highest BCUT2D eigenvalue weighted by Gasteiger charge is 2.17. The molecule has 6 N–H and O–H groups in total. The number of allylic oxidation sites excluding steroid dienone is 1. The van der Waals surface area contributed by atoms with Crippen LogP contribution in [0.2, 0.25) is 0 Å². The molecule has 15 heavy (non-hydrogen) atoms. The predicted octanol–water partition coefficient (Wildman–Crippen LogP) is -0.834. The number of aliphatic hydroxyl groups excluding tert-OH is 1. The van der Waals surface area contributed by atoms with E-state index in [9.17, 15) is 9.90 Å². The molecule has 0 rings (SSSR count). The van der Waals surface area contributed by atoms with Crippen molar-refractivity contribution in [1.82, 2.24) is 10.6 Å². The minimum absolute atomic E-state index is 0.312. The molecule has 6 heteroatoms. The Labute approximate surface area is 89.2 Å². The fourth-order valence-corrected chi connectivity index (χ4v) is 0.981. The molecule has 0 fully saturated rings. The quantitative estimate of drug-likeness (QED) is 0.371. The maximum atomic E-state index is 10.5. The van der Waals surface area contributed by atoms with Gasteiger partial charge in [0.1, 0.15) is 12.3 Å². The summed E-state index contributed by atoms with van der Waals surface area (Å²) in [6, 6.07) is -0.829. The van der Waals surface area contributed by atoms with Crippen LogP contribution >= 0.6 is 0 Å². The van der Waals surface area contributed by atoms with Crippen LogP contribution < -0.4 is 16.4 Å². The van der Waals surface area contributed by atoms with Crippen molar-refractivity contribution in [2.45, 2.75) is 39.2 Å². The molecular formula is C9H19N3O3. The molecule has 0 radical (unpaired) electrons. The van der Waals surface area contributed by atoms with Gasteiger partial charge in [-0.15, -0.1) is 0 Å². The summed E-state index contributed by atoms with van der Waals surface area (Å²) in [6.07, 6.45) is 0.259. The molecule has 0 heterocycles. The summed E-state index contributed by atoms with van der Waals surface area (Å²) in [7, 11) is 0. The van der Waals surface area contributed by atoms with E-state index in [1.165, 1.54) is 6.92 Å². The molecule has 0 saturated heterocycles. The van der Waals surface area contributed by atoms with Crippen LogP contribution in [0.1, 0.15) is 20.8 Å². The van der Waals surface area contributed by atoms with Crippen LogP contribution in [-0.2, 0) is 4.79 Å². The van der Waals surface area contributed by atoms with E-state index in [-0.39, 0.29) is 6.17 Å². The summed E-state index contributed by atoms with van der Waals surface area (Å²) >= 11 is 0. The van der Waals surface area contributed by atoms with Gasteiger partial charge in [-0.2, -0.15) is 0 Å². The van der Waals surface area contributed by atoms with Crippen LogP contribution in [0.25, 0.3) is 0 Å². The number of carboxylic acids is 1. The molecule has 0 aromatic heterocycles. The molecule has 0 saturated carbocycles.